The Balaban J connectivity index is 1.79. The third-order valence-electron chi connectivity index (χ3n) is 3.80. The summed E-state index contributed by atoms with van der Waals surface area (Å²) in [7, 11) is 0. The molecule has 2 aromatic rings. The molecular formula is C19H22FNO2. The van der Waals surface area contributed by atoms with Gasteiger partial charge < -0.3 is 10.1 Å². The predicted molar refractivity (Wildman–Crippen MR) is 89.3 cm³/mol. The van der Waals surface area contributed by atoms with Gasteiger partial charge in [0.15, 0.2) is 0 Å². The number of nitrogens with one attached hydrogen (secondary N) is 1. The van der Waals surface area contributed by atoms with E-state index in [0.717, 1.165) is 16.9 Å². The Kier molecular flexibility index (Phi) is 5.74. The standard InChI is InChI=1S/C19H22FNO2/c1-13-7-8-14(2)19(15(13)3)23-10-9-21-18(22)12-16-5-4-6-17(20)11-16/h4-8,11H,9-10,12H2,1-3H3,(H,21,22). The summed E-state index contributed by atoms with van der Waals surface area (Å²) in [6.45, 7) is 6.90. The van der Waals surface area contributed by atoms with E-state index in [0.29, 0.717) is 18.7 Å². The molecule has 23 heavy (non-hydrogen) atoms. The van der Waals surface area contributed by atoms with Crippen LogP contribution in [-0.2, 0) is 11.2 Å². The van der Waals surface area contributed by atoms with Crippen molar-refractivity contribution in [3.63, 3.8) is 0 Å². The van der Waals surface area contributed by atoms with Crippen LogP contribution in [0, 0.1) is 26.6 Å². The molecule has 2 rings (SSSR count). The summed E-state index contributed by atoms with van der Waals surface area (Å²) in [4.78, 5) is 11.8. The lowest BCUT2D eigenvalue weighted by atomic mass is 10.1. The van der Waals surface area contributed by atoms with Crippen molar-refractivity contribution in [2.24, 2.45) is 0 Å². The van der Waals surface area contributed by atoms with Gasteiger partial charge in [-0.25, -0.2) is 4.39 Å². The van der Waals surface area contributed by atoms with E-state index in [2.05, 4.69) is 11.4 Å². The summed E-state index contributed by atoms with van der Waals surface area (Å²) >= 11 is 0. The van der Waals surface area contributed by atoms with Crippen LogP contribution in [0.2, 0.25) is 0 Å². The third kappa shape index (κ3) is 4.81. The Morgan fingerprint density at radius 3 is 2.61 bits per heavy atom. The molecule has 0 aliphatic heterocycles. The van der Waals surface area contributed by atoms with Crippen LogP contribution in [0.5, 0.6) is 5.75 Å². The number of halogens is 1. The molecule has 0 aromatic heterocycles. The summed E-state index contributed by atoms with van der Waals surface area (Å²) in [5.41, 5.74) is 4.05. The van der Waals surface area contributed by atoms with Crippen LogP contribution >= 0.6 is 0 Å². The van der Waals surface area contributed by atoms with Crippen molar-refractivity contribution < 1.29 is 13.9 Å². The van der Waals surface area contributed by atoms with Crippen molar-refractivity contribution in [1.82, 2.24) is 5.32 Å². The van der Waals surface area contributed by atoms with Gasteiger partial charge in [0.25, 0.3) is 0 Å². The minimum atomic E-state index is -0.330. The van der Waals surface area contributed by atoms with Gasteiger partial charge in [0, 0.05) is 0 Å². The first-order chi connectivity index (χ1) is 11.0. The van der Waals surface area contributed by atoms with Gasteiger partial charge in [0.05, 0.1) is 13.0 Å². The number of benzene rings is 2. The van der Waals surface area contributed by atoms with Crippen LogP contribution < -0.4 is 10.1 Å². The van der Waals surface area contributed by atoms with Crippen molar-refractivity contribution in [3.8, 4) is 5.75 Å². The summed E-state index contributed by atoms with van der Waals surface area (Å²) < 4.78 is 18.9. The zero-order chi connectivity index (χ0) is 16.8. The number of hydrogen-bond acceptors (Lipinski definition) is 2. The van der Waals surface area contributed by atoms with E-state index in [1.54, 1.807) is 12.1 Å². The first-order valence-corrected chi connectivity index (χ1v) is 7.68. The van der Waals surface area contributed by atoms with E-state index >= 15 is 0 Å². The molecule has 1 amide bonds. The normalized spacial score (nSPS) is 10.4. The van der Waals surface area contributed by atoms with Crippen molar-refractivity contribution in [2.75, 3.05) is 13.2 Å². The molecule has 122 valence electrons. The molecule has 0 saturated carbocycles. The highest BCUT2D eigenvalue weighted by molar-refractivity contribution is 5.78. The summed E-state index contributed by atoms with van der Waals surface area (Å²) in [6, 6.07) is 10.2. The molecule has 0 radical (unpaired) electrons. The first-order valence-electron chi connectivity index (χ1n) is 7.68. The second kappa shape index (κ2) is 7.77. The largest absolute Gasteiger partial charge is 0.491 e. The van der Waals surface area contributed by atoms with Gasteiger partial charge in [-0.3, -0.25) is 4.79 Å². The lowest BCUT2D eigenvalue weighted by molar-refractivity contribution is -0.120. The van der Waals surface area contributed by atoms with E-state index < -0.39 is 0 Å². The monoisotopic (exact) mass is 315 g/mol. The van der Waals surface area contributed by atoms with Crippen molar-refractivity contribution in [3.05, 3.63) is 64.5 Å². The molecule has 0 fully saturated rings. The number of carbonyl (C=O) groups is 1. The Hall–Kier alpha value is -2.36. The Bertz CT molecular complexity index is 698. The zero-order valence-corrected chi connectivity index (χ0v) is 13.8. The fourth-order valence-corrected chi connectivity index (χ4v) is 2.39. The maximum atomic E-state index is 13.1. The highest BCUT2D eigenvalue weighted by Crippen LogP contribution is 2.25. The van der Waals surface area contributed by atoms with Crippen LogP contribution in [0.15, 0.2) is 36.4 Å². The van der Waals surface area contributed by atoms with E-state index in [1.807, 2.05) is 26.8 Å². The third-order valence-corrected chi connectivity index (χ3v) is 3.80. The maximum absolute atomic E-state index is 13.1. The quantitative estimate of drug-likeness (QED) is 0.829. The molecule has 0 spiro atoms. The second-order valence-electron chi connectivity index (χ2n) is 5.66. The van der Waals surface area contributed by atoms with E-state index in [4.69, 9.17) is 4.74 Å². The highest BCUT2D eigenvalue weighted by atomic mass is 19.1. The van der Waals surface area contributed by atoms with E-state index in [9.17, 15) is 9.18 Å². The SMILES string of the molecule is Cc1ccc(C)c(OCCNC(=O)Cc2cccc(F)c2)c1C. The molecule has 0 bridgehead atoms. The number of carbonyl (C=O) groups excluding carboxylic acids is 1. The molecule has 0 unspecified atom stereocenters. The number of amides is 1. The minimum absolute atomic E-state index is 0.142. The second-order valence-corrected chi connectivity index (χ2v) is 5.66. The van der Waals surface area contributed by atoms with Crippen LogP contribution in [0.3, 0.4) is 0 Å². The Morgan fingerprint density at radius 1 is 1.13 bits per heavy atom. The molecule has 0 aliphatic carbocycles. The number of ether oxygens (including phenoxy) is 1. The number of aryl methyl sites for hydroxylation is 2. The lowest BCUT2D eigenvalue weighted by Crippen LogP contribution is -2.29. The van der Waals surface area contributed by atoms with Crippen LogP contribution in [0.1, 0.15) is 22.3 Å². The van der Waals surface area contributed by atoms with Gasteiger partial charge in [-0.05, 0) is 55.2 Å². The highest BCUT2D eigenvalue weighted by Gasteiger charge is 2.07. The average molecular weight is 315 g/mol. The van der Waals surface area contributed by atoms with Crippen LogP contribution in [0.25, 0.3) is 0 Å². The van der Waals surface area contributed by atoms with E-state index in [-0.39, 0.29) is 18.1 Å². The lowest BCUT2D eigenvalue weighted by Gasteiger charge is -2.14. The molecule has 0 saturated heterocycles. The van der Waals surface area contributed by atoms with Crippen molar-refractivity contribution >= 4 is 5.91 Å². The Labute approximate surface area is 136 Å². The van der Waals surface area contributed by atoms with Crippen molar-refractivity contribution in [2.45, 2.75) is 27.2 Å². The molecular weight excluding hydrogens is 293 g/mol. The molecule has 2 aromatic carbocycles. The van der Waals surface area contributed by atoms with E-state index in [1.165, 1.54) is 17.7 Å². The Morgan fingerprint density at radius 2 is 1.87 bits per heavy atom. The molecule has 0 aliphatic rings. The van der Waals surface area contributed by atoms with Gasteiger partial charge in [0.2, 0.25) is 5.91 Å². The zero-order valence-electron chi connectivity index (χ0n) is 13.8. The van der Waals surface area contributed by atoms with Crippen molar-refractivity contribution in [1.29, 1.82) is 0 Å². The van der Waals surface area contributed by atoms with Crippen LogP contribution in [-0.4, -0.2) is 19.1 Å². The number of rotatable bonds is 6. The van der Waals surface area contributed by atoms with Gasteiger partial charge in [-0.15, -0.1) is 0 Å². The molecule has 3 nitrogen and oxygen atoms in total. The topological polar surface area (TPSA) is 38.3 Å². The van der Waals surface area contributed by atoms with Gasteiger partial charge in [0.1, 0.15) is 18.2 Å². The smallest absolute Gasteiger partial charge is 0.224 e. The van der Waals surface area contributed by atoms with Gasteiger partial charge in [-0.1, -0.05) is 24.3 Å². The maximum Gasteiger partial charge on any atom is 0.224 e. The average Bonchev–Trinajstić information content (AvgIpc) is 2.50. The molecule has 0 heterocycles. The van der Waals surface area contributed by atoms with Gasteiger partial charge >= 0.3 is 0 Å². The van der Waals surface area contributed by atoms with Crippen LogP contribution in [0.4, 0.5) is 4.39 Å². The fraction of sp³-hybridized carbons (Fsp3) is 0.316. The van der Waals surface area contributed by atoms with Gasteiger partial charge in [-0.2, -0.15) is 0 Å². The number of hydrogen-bond donors (Lipinski definition) is 1. The fourth-order valence-electron chi connectivity index (χ4n) is 2.39. The summed E-state index contributed by atoms with van der Waals surface area (Å²) in [5, 5.41) is 2.79. The molecule has 4 heteroatoms. The predicted octanol–water partition coefficient (Wildman–Crippen LogP) is 3.49. The molecule has 0 atom stereocenters. The minimum Gasteiger partial charge on any atom is -0.491 e. The first kappa shape index (κ1) is 17.0. The molecule has 1 N–H and O–H groups in total. The summed E-state index contributed by atoms with van der Waals surface area (Å²) in [5.74, 6) is 0.408. The summed E-state index contributed by atoms with van der Waals surface area (Å²) in [6.07, 6.45) is 0.167.